The fourth-order valence-electron chi connectivity index (χ4n) is 3.64. The Balaban J connectivity index is 1.62. The summed E-state index contributed by atoms with van der Waals surface area (Å²) in [6, 6.07) is 14.2. The van der Waals surface area contributed by atoms with E-state index in [4.69, 9.17) is 11.5 Å². The summed E-state index contributed by atoms with van der Waals surface area (Å²) in [5.41, 5.74) is 12.8. The van der Waals surface area contributed by atoms with Crippen molar-refractivity contribution >= 4 is 34.1 Å². The number of nitrogens with two attached hydrogens (primary N) is 2. The summed E-state index contributed by atoms with van der Waals surface area (Å²) in [6.07, 6.45) is 5.70. The molecular weight excluding hydrogens is 352 g/mol. The van der Waals surface area contributed by atoms with E-state index in [2.05, 4.69) is 20.6 Å². The quantitative estimate of drug-likeness (QED) is 0.543. The third-order valence-electron chi connectivity index (χ3n) is 5.20. The van der Waals surface area contributed by atoms with E-state index in [1.165, 1.54) is 6.20 Å². The smallest absolute Gasteiger partial charge is 0.254 e. The zero-order chi connectivity index (χ0) is 19.5. The molecule has 0 bridgehead atoms. The van der Waals surface area contributed by atoms with Gasteiger partial charge in [-0.1, -0.05) is 43.2 Å². The summed E-state index contributed by atoms with van der Waals surface area (Å²) in [5, 5.41) is 8.75. The van der Waals surface area contributed by atoms with Gasteiger partial charge in [0.1, 0.15) is 11.4 Å². The predicted molar refractivity (Wildman–Crippen MR) is 112 cm³/mol. The van der Waals surface area contributed by atoms with E-state index in [0.29, 0.717) is 11.8 Å². The van der Waals surface area contributed by atoms with E-state index in [9.17, 15) is 4.79 Å². The molecule has 7 heteroatoms. The van der Waals surface area contributed by atoms with Crippen LogP contribution in [0.25, 0.3) is 10.8 Å². The third kappa shape index (κ3) is 3.89. The van der Waals surface area contributed by atoms with Gasteiger partial charge in [-0.15, -0.1) is 0 Å². The maximum Gasteiger partial charge on any atom is 0.254 e. The lowest BCUT2D eigenvalue weighted by atomic mass is 9.91. The summed E-state index contributed by atoms with van der Waals surface area (Å²) in [6.45, 7) is 0. The fourth-order valence-corrected chi connectivity index (χ4v) is 3.64. The van der Waals surface area contributed by atoms with Gasteiger partial charge in [0.15, 0.2) is 0 Å². The van der Waals surface area contributed by atoms with Gasteiger partial charge in [0.25, 0.3) is 5.91 Å². The molecule has 0 radical (unpaired) electrons. The molecule has 0 aliphatic heterocycles. The molecule has 0 spiro atoms. The molecule has 144 valence electrons. The Labute approximate surface area is 163 Å². The number of aromatic nitrogens is 2. The Morgan fingerprint density at radius 2 is 1.86 bits per heavy atom. The van der Waals surface area contributed by atoms with Crippen LogP contribution >= 0.6 is 0 Å². The average molecular weight is 376 g/mol. The molecule has 2 atom stereocenters. The van der Waals surface area contributed by atoms with Gasteiger partial charge in [-0.25, -0.2) is 4.98 Å². The van der Waals surface area contributed by atoms with Crippen molar-refractivity contribution in [3.05, 3.63) is 54.2 Å². The maximum absolute atomic E-state index is 11.8. The van der Waals surface area contributed by atoms with E-state index >= 15 is 0 Å². The van der Waals surface area contributed by atoms with E-state index in [1.54, 1.807) is 0 Å². The summed E-state index contributed by atoms with van der Waals surface area (Å²) in [4.78, 5) is 20.6. The van der Waals surface area contributed by atoms with Crippen molar-refractivity contribution in [1.82, 2.24) is 9.97 Å². The standard InChI is InChI=1S/C21H24N6O/c22-17-7-3-4-8-18(17)26-21-24-12-16(19(23)28)20(27-21)25-15-10-9-13-5-1-2-6-14(13)11-15/h1-2,5-6,9-12,17-18H,3-4,7-8,22H2,(H2,23,28)(H2,24,25,26,27)/t17-,18+/m0/s1. The number of hydrogen-bond donors (Lipinski definition) is 4. The minimum absolute atomic E-state index is 0.0741. The summed E-state index contributed by atoms with van der Waals surface area (Å²) in [5.74, 6) is 0.240. The van der Waals surface area contributed by atoms with Crippen LogP contribution < -0.4 is 22.1 Å². The van der Waals surface area contributed by atoms with Gasteiger partial charge >= 0.3 is 0 Å². The number of primary amides is 1. The molecule has 7 nitrogen and oxygen atoms in total. The number of fused-ring (bicyclic) bond motifs is 1. The minimum Gasteiger partial charge on any atom is -0.365 e. The van der Waals surface area contributed by atoms with Gasteiger partial charge in [0.2, 0.25) is 5.95 Å². The molecule has 3 aromatic rings. The Morgan fingerprint density at radius 3 is 2.64 bits per heavy atom. The molecule has 0 unspecified atom stereocenters. The van der Waals surface area contributed by atoms with Crippen LogP contribution in [0.1, 0.15) is 36.0 Å². The average Bonchev–Trinajstić information content (AvgIpc) is 2.70. The highest BCUT2D eigenvalue weighted by Gasteiger charge is 2.23. The highest BCUT2D eigenvalue weighted by atomic mass is 16.1. The van der Waals surface area contributed by atoms with Gasteiger partial charge < -0.3 is 22.1 Å². The Morgan fingerprint density at radius 1 is 1.07 bits per heavy atom. The predicted octanol–water partition coefficient (Wildman–Crippen LogP) is 3.15. The lowest BCUT2D eigenvalue weighted by Crippen LogP contribution is -2.43. The molecule has 0 saturated heterocycles. The van der Waals surface area contributed by atoms with Crippen molar-refractivity contribution in [3.8, 4) is 0 Å². The molecule has 1 fully saturated rings. The zero-order valence-electron chi connectivity index (χ0n) is 15.6. The monoisotopic (exact) mass is 376 g/mol. The van der Waals surface area contributed by atoms with E-state index in [0.717, 1.165) is 42.1 Å². The van der Waals surface area contributed by atoms with Crippen molar-refractivity contribution < 1.29 is 4.79 Å². The molecule has 2 aromatic carbocycles. The van der Waals surface area contributed by atoms with Crippen molar-refractivity contribution in [3.63, 3.8) is 0 Å². The van der Waals surface area contributed by atoms with Gasteiger partial charge in [0, 0.05) is 24.0 Å². The first kappa shape index (κ1) is 18.2. The van der Waals surface area contributed by atoms with Crippen LogP contribution in [0, 0.1) is 0 Å². The fraction of sp³-hybridized carbons (Fsp3) is 0.286. The van der Waals surface area contributed by atoms with Crippen LogP contribution in [-0.4, -0.2) is 28.0 Å². The van der Waals surface area contributed by atoms with Crippen LogP contribution in [0.2, 0.25) is 0 Å². The van der Waals surface area contributed by atoms with Crippen LogP contribution in [0.4, 0.5) is 17.5 Å². The number of amides is 1. The van der Waals surface area contributed by atoms with Gasteiger partial charge in [0.05, 0.1) is 0 Å². The summed E-state index contributed by atoms with van der Waals surface area (Å²) < 4.78 is 0. The normalized spacial score (nSPS) is 19.3. The van der Waals surface area contributed by atoms with Crippen molar-refractivity contribution in [2.24, 2.45) is 11.5 Å². The Bertz CT molecular complexity index is 1010. The first-order valence-corrected chi connectivity index (χ1v) is 9.55. The number of nitrogens with one attached hydrogen (secondary N) is 2. The van der Waals surface area contributed by atoms with Crippen LogP contribution in [0.5, 0.6) is 0 Å². The minimum atomic E-state index is -0.579. The lowest BCUT2D eigenvalue weighted by Gasteiger charge is -2.29. The number of benzene rings is 2. The molecule has 1 saturated carbocycles. The number of carbonyl (C=O) groups is 1. The van der Waals surface area contributed by atoms with Crippen LogP contribution in [0.15, 0.2) is 48.7 Å². The molecule has 4 rings (SSSR count). The number of nitrogens with zero attached hydrogens (tertiary/aromatic N) is 2. The van der Waals surface area contributed by atoms with Gasteiger partial charge in [-0.05, 0) is 35.7 Å². The highest BCUT2D eigenvalue weighted by Crippen LogP contribution is 2.25. The number of hydrogen-bond acceptors (Lipinski definition) is 6. The molecule has 6 N–H and O–H groups in total. The third-order valence-corrected chi connectivity index (χ3v) is 5.20. The van der Waals surface area contributed by atoms with E-state index in [1.807, 2.05) is 42.5 Å². The lowest BCUT2D eigenvalue weighted by molar-refractivity contribution is 0.100. The largest absolute Gasteiger partial charge is 0.365 e. The first-order chi connectivity index (χ1) is 13.6. The van der Waals surface area contributed by atoms with Crippen molar-refractivity contribution in [2.45, 2.75) is 37.8 Å². The molecule has 1 aliphatic carbocycles. The van der Waals surface area contributed by atoms with Crippen LogP contribution in [-0.2, 0) is 0 Å². The molecule has 28 heavy (non-hydrogen) atoms. The van der Waals surface area contributed by atoms with E-state index < -0.39 is 5.91 Å². The second-order valence-electron chi connectivity index (χ2n) is 7.21. The summed E-state index contributed by atoms with van der Waals surface area (Å²) in [7, 11) is 0. The number of carbonyl (C=O) groups excluding carboxylic acids is 1. The van der Waals surface area contributed by atoms with E-state index in [-0.39, 0.29) is 17.6 Å². The maximum atomic E-state index is 11.8. The molecule has 1 aromatic heterocycles. The first-order valence-electron chi connectivity index (χ1n) is 9.55. The van der Waals surface area contributed by atoms with Crippen LogP contribution in [0.3, 0.4) is 0 Å². The van der Waals surface area contributed by atoms with Gasteiger partial charge in [-0.3, -0.25) is 4.79 Å². The second kappa shape index (κ2) is 7.82. The van der Waals surface area contributed by atoms with Gasteiger partial charge in [-0.2, -0.15) is 4.98 Å². The summed E-state index contributed by atoms with van der Waals surface area (Å²) >= 11 is 0. The zero-order valence-corrected chi connectivity index (χ0v) is 15.6. The highest BCUT2D eigenvalue weighted by molar-refractivity contribution is 5.98. The number of anilines is 3. The Hall–Kier alpha value is -3.19. The molecular formula is C21H24N6O. The second-order valence-corrected chi connectivity index (χ2v) is 7.21. The van der Waals surface area contributed by atoms with Crippen molar-refractivity contribution in [2.75, 3.05) is 10.6 Å². The molecule has 1 aliphatic rings. The number of rotatable bonds is 5. The SMILES string of the molecule is NC(=O)c1cnc(N[C@@H]2CCCC[C@@H]2N)nc1Nc1ccc2ccccc2c1. The molecule has 1 heterocycles. The Kier molecular flexibility index (Phi) is 5.08. The topological polar surface area (TPSA) is 119 Å². The molecule has 1 amide bonds. The van der Waals surface area contributed by atoms with Crippen molar-refractivity contribution in [1.29, 1.82) is 0 Å².